The molecule has 90 valence electrons. The number of β-amino-alcohol motifs (C(OH)–C–C–N with tert-alkyl or cyclic N) is 1. The summed E-state index contributed by atoms with van der Waals surface area (Å²) >= 11 is 0. The van der Waals surface area contributed by atoms with Crippen molar-refractivity contribution < 1.29 is 5.11 Å². The van der Waals surface area contributed by atoms with Crippen molar-refractivity contribution in [2.24, 2.45) is 0 Å². The standard InChI is InChI=1S/C11H25N3O/c1-10(2)13(3)8-11(15)9-14-6-4-12-5-7-14/h10-12,15H,4-9H2,1-3H3. The van der Waals surface area contributed by atoms with Crippen molar-refractivity contribution in [3.8, 4) is 0 Å². The van der Waals surface area contributed by atoms with Crippen LogP contribution in [-0.2, 0) is 0 Å². The zero-order valence-corrected chi connectivity index (χ0v) is 10.2. The fourth-order valence-electron chi connectivity index (χ4n) is 1.79. The average molecular weight is 215 g/mol. The molecule has 1 aliphatic heterocycles. The highest BCUT2D eigenvalue weighted by Gasteiger charge is 2.16. The molecule has 0 saturated carbocycles. The lowest BCUT2D eigenvalue weighted by atomic mass is 10.2. The molecule has 2 N–H and O–H groups in total. The Morgan fingerprint density at radius 2 is 1.93 bits per heavy atom. The van der Waals surface area contributed by atoms with Gasteiger partial charge in [-0.15, -0.1) is 0 Å². The molecule has 0 aromatic carbocycles. The van der Waals surface area contributed by atoms with E-state index in [4.69, 9.17) is 0 Å². The van der Waals surface area contributed by atoms with Gasteiger partial charge in [-0.2, -0.15) is 0 Å². The first-order valence-corrected chi connectivity index (χ1v) is 5.91. The predicted molar refractivity (Wildman–Crippen MR) is 63.1 cm³/mol. The normalized spacial score (nSPS) is 21.2. The number of aliphatic hydroxyl groups is 1. The van der Waals surface area contributed by atoms with Crippen molar-refractivity contribution >= 4 is 0 Å². The first-order valence-electron chi connectivity index (χ1n) is 5.91. The third-order valence-corrected chi connectivity index (χ3v) is 3.06. The van der Waals surface area contributed by atoms with Crippen LogP contribution < -0.4 is 5.32 Å². The van der Waals surface area contributed by atoms with Crippen LogP contribution in [0.25, 0.3) is 0 Å². The molecular formula is C11H25N3O. The van der Waals surface area contributed by atoms with Gasteiger partial charge in [0.15, 0.2) is 0 Å². The number of nitrogens with zero attached hydrogens (tertiary/aromatic N) is 2. The Bertz CT molecular complexity index is 169. The number of hydrogen-bond donors (Lipinski definition) is 2. The minimum absolute atomic E-state index is 0.226. The van der Waals surface area contributed by atoms with Crippen LogP contribution in [-0.4, -0.2) is 73.4 Å². The number of hydrogen-bond acceptors (Lipinski definition) is 4. The maximum Gasteiger partial charge on any atom is 0.0793 e. The number of rotatable bonds is 5. The molecule has 0 spiro atoms. The molecule has 4 heteroatoms. The summed E-state index contributed by atoms with van der Waals surface area (Å²) in [6, 6.07) is 0.502. The van der Waals surface area contributed by atoms with Crippen LogP contribution in [0.3, 0.4) is 0 Å². The fourth-order valence-corrected chi connectivity index (χ4v) is 1.79. The molecule has 4 nitrogen and oxygen atoms in total. The first kappa shape index (κ1) is 12.9. The lowest BCUT2D eigenvalue weighted by molar-refractivity contribution is 0.0690. The molecular weight excluding hydrogens is 190 g/mol. The highest BCUT2D eigenvalue weighted by atomic mass is 16.3. The summed E-state index contributed by atoms with van der Waals surface area (Å²) in [6.07, 6.45) is -0.226. The number of piperazine rings is 1. The van der Waals surface area contributed by atoms with E-state index in [1.54, 1.807) is 0 Å². The van der Waals surface area contributed by atoms with E-state index in [0.29, 0.717) is 6.04 Å². The summed E-state index contributed by atoms with van der Waals surface area (Å²) in [4.78, 5) is 4.52. The summed E-state index contributed by atoms with van der Waals surface area (Å²) in [5.41, 5.74) is 0. The molecule has 1 aliphatic rings. The van der Waals surface area contributed by atoms with Gasteiger partial charge >= 0.3 is 0 Å². The fraction of sp³-hybridized carbons (Fsp3) is 1.00. The zero-order chi connectivity index (χ0) is 11.3. The Kier molecular flexibility index (Phi) is 5.53. The number of nitrogens with one attached hydrogen (secondary N) is 1. The highest BCUT2D eigenvalue weighted by Crippen LogP contribution is 2.00. The van der Waals surface area contributed by atoms with E-state index >= 15 is 0 Å². The summed E-state index contributed by atoms with van der Waals surface area (Å²) in [5.74, 6) is 0. The van der Waals surface area contributed by atoms with E-state index in [9.17, 15) is 5.11 Å². The van der Waals surface area contributed by atoms with Crippen molar-refractivity contribution in [1.82, 2.24) is 15.1 Å². The third-order valence-electron chi connectivity index (χ3n) is 3.06. The lowest BCUT2D eigenvalue weighted by Crippen LogP contribution is -2.48. The van der Waals surface area contributed by atoms with Crippen LogP contribution in [0.15, 0.2) is 0 Å². The van der Waals surface area contributed by atoms with Gasteiger partial charge in [0.2, 0.25) is 0 Å². The van der Waals surface area contributed by atoms with E-state index < -0.39 is 0 Å². The minimum atomic E-state index is -0.226. The quantitative estimate of drug-likeness (QED) is 0.654. The molecule has 1 heterocycles. The van der Waals surface area contributed by atoms with Crippen LogP contribution in [0.2, 0.25) is 0 Å². The van der Waals surface area contributed by atoms with Crippen molar-refractivity contribution in [3.63, 3.8) is 0 Å². The van der Waals surface area contributed by atoms with E-state index in [1.807, 2.05) is 0 Å². The van der Waals surface area contributed by atoms with Crippen molar-refractivity contribution in [3.05, 3.63) is 0 Å². The van der Waals surface area contributed by atoms with E-state index in [2.05, 4.69) is 36.0 Å². The highest BCUT2D eigenvalue weighted by molar-refractivity contribution is 4.73. The lowest BCUT2D eigenvalue weighted by Gasteiger charge is -2.31. The second kappa shape index (κ2) is 6.43. The van der Waals surface area contributed by atoms with Gasteiger partial charge in [-0.25, -0.2) is 0 Å². The second-order valence-electron chi connectivity index (χ2n) is 4.74. The SMILES string of the molecule is CC(C)N(C)CC(O)CN1CCNCC1. The molecule has 1 rings (SSSR count). The molecule has 1 fully saturated rings. The summed E-state index contributed by atoms with van der Waals surface area (Å²) in [7, 11) is 2.06. The molecule has 0 aliphatic carbocycles. The molecule has 0 bridgehead atoms. The predicted octanol–water partition coefficient (Wildman–Crippen LogP) is -0.407. The van der Waals surface area contributed by atoms with E-state index in [1.165, 1.54) is 0 Å². The summed E-state index contributed by atoms with van der Waals surface area (Å²) in [6.45, 7) is 10.1. The molecule has 1 atom stereocenters. The molecule has 15 heavy (non-hydrogen) atoms. The number of aliphatic hydroxyl groups excluding tert-OH is 1. The number of likely N-dealkylation sites (N-methyl/N-ethyl adjacent to an activating group) is 1. The van der Waals surface area contributed by atoms with Crippen molar-refractivity contribution in [1.29, 1.82) is 0 Å². The average Bonchev–Trinajstić information content (AvgIpc) is 2.18. The monoisotopic (exact) mass is 215 g/mol. The van der Waals surface area contributed by atoms with Crippen LogP contribution in [0.5, 0.6) is 0 Å². The van der Waals surface area contributed by atoms with Gasteiger partial charge in [0, 0.05) is 45.3 Å². The van der Waals surface area contributed by atoms with Gasteiger partial charge in [-0.05, 0) is 20.9 Å². The van der Waals surface area contributed by atoms with Crippen LogP contribution in [0, 0.1) is 0 Å². The second-order valence-corrected chi connectivity index (χ2v) is 4.74. The molecule has 0 radical (unpaired) electrons. The van der Waals surface area contributed by atoms with Gasteiger partial charge in [0.1, 0.15) is 0 Å². The molecule has 0 aromatic heterocycles. The van der Waals surface area contributed by atoms with Gasteiger partial charge in [0.25, 0.3) is 0 Å². The van der Waals surface area contributed by atoms with Gasteiger partial charge in [-0.1, -0.05) is 0 Å². The Morgan fingerprint density at radius 1 is 1.33 bits per heavy atom. The van der Waals surface area contributed by atoms with Crippen molar-refractivity contribution in [2.45, 2.75) is 26.0 Å². The van der Waals surface area contributed by atoms with Crippen LogP contribution in [0.4, 0.5) is 0 Å². The third kappa shape index (κ3) is 4.93. The molecule has 1 unspecified atom stereocenters. The topological polar surface area (TPSA) is 38.7 Å². The minimum Gasteiger partial charge on any atom is -0.390 e. The van der Waals surface area contributed by atoms with E-state index in [0.717, 1.165) is 39.3 Å². The summed E-state index contributed by atoms with van der Waals surface area (Å²) < 4.78 is 0. The Labute approximate surface area is 93.2 Å². The Morgan fingerprint density at radius 3 is 2.47 bits per heavy atom. The van der Waals surface area contributed by atoms with Crippen LogP contribution >= 0.6 is 0 Å². The van der Waals surface area contributed by atoms with Crippen LogP contribution in [0.1, 0.15) is 13.8 Å². The van der Waals surface area contributed by atoms with Crippen molar-refractivity contribution in [2.75, 3.05) is 46.3 Å². The van der Waals surface area contributed by atoms with Gasteiger partial charge in [-0.3, -0.25) is 4.90 Å². The molecule has 0 aromatic rings. The Balaban J connectivity index is 2.19. The van der Waals surface area contributed by atoms with Gasteiger partial charge in [0.05, 0.1) is 6.10 Å². The maximum atomic E-state index is 9.92. The zero-order valence-electron chi connectivity index (χ0n) is 10.2. The smallest absolute Gasteiger partial charge is 0.0793 e. The van der Waals surface area contributed by atoms with E-state index in [-0.39, 0.29) is 6.10 Å². The maximum absolute atomic E-state index is 9.92. The largest absolute Gasteiger partial charge is 0.390 e. The molecule has 0 amide bonds. The van der Waals surface area contributed by atoms with Gasteiger partial charge < -0.3 is 15.3 Å². The summed E-state index contributed by atoms with van der Waals surface area (Å²) in [5, 5.41) is 13.2. The molecule has 1 saturated heterocycles. The first-order chi connectivity index (χ1) is 7.09. The Hall–Kier alpha value is -0.160.